The quantitative estimate of drug-likeness (QED) is 0.425. The molecule has 0 unspecified atom stereocenters. The Morgan fingerprint density at radius 1 is 1.00 bits per heavy atom. The number of carbonyl (C=O) groups is 1. The fraction of sp³-hybridized carbons (Fsp3) is 0.444. The molecule has 4 nitrogen and oxygen atoms in total. The third-order valence-corrected chi connectivity index (χ3v) is 5.63. The summed E-state index contributed by atoms with van der Waals surface area (Å²) < 4.78 is 0. The van der Waals surface area contributed by atoms with Crippen molar-refractivity contribution in [1.82, 2.24) is 5.32 Å². The van der Waals surface area contributed by atoms with Gasteiger partial charge in [0.2, 0.25) is 5.91 Å². The smallest absolute Gasteiger partial charge is 0.224 e. The summed E-state index contributed by atoms with van der Waals surface area (Å²) in [5, 5.41) is 6.66. The summed E-state index contributed by atoms with van der Waals surface area (Å²) in [7, 11) is 4.09. The second-order valence-corrected chi connectivity index (χ2v) is 9.16. The average molecular weight is 422 g/mol. The average Bonchev–Trinajstić information content (AvgIpc) is 2.74. The van der Waals surface area contributed by atoms with Crippen molar-refractivity contribution >= 4 is 29.4 Å². The Morgan fingerprint density at radius 2 is 1.65 bits per heavy atom. The second-order valence-electron chi connectivity index (χ2n) is 9.16. The van der Waals surface area contributed by atoms with E-state index in [0.717, 1.165) is 48.3 Å². The lowest BCUT2D eigenvalue weighted by Gasteiger charge is -2.23. The van der Waals surface area contributed by atoms with Crippen LogP contribution in [0.3, 0.4) is 0 Å². The Balaban J connectivity index is 2.18. The zero-order valence-corrected chi connectivity index (χ0v) is 20.1. The van der Waals surface area contributed by atoms with Gasteiger partial charge in [0.05, 0.1) is 0 Å². The molecule has 0 aromatic heterocycles. The van der Waals surface area contributed by atoms with Crippen molar-refractivity contribution in [3.63, 3.8) is 0 Å². The van der Waals surface area contributed by atoms with Gasteiger partial charge in [0.25, 0.3) is 0 Å². The van der Waals surface area contributed by atoms with Crippen LogP contribution in [0.2, 0.25) is 0 Å². The number of hydrogen-bond acceptors (Lipinski definition) is 3. The van der Waals surface area contributed by atoms with Crippen molar-refractivity contribution in [1.29, 1.82) is 0 Å². The van der Waals surface area contributed by atoms with Crippen molar-refractivity contribution in [2.24, 2.45) is 5.41 Å². The lowest BCUT2D eigenvalue weighted by Crippen LogP contribution is -2.28. The normalized spacial score (nSPS) is 11.7. The third-order valence-electron chi connectivity index (χ3n) is 5.63. The van der Waals surface area contributed by atoms with Gasteiger partial charge in [0, 0.05) is 45.0 Å². The van der Waals surface area contributed by atoms with E-state index in [-0.39, 0.29) is 11.3 Å². The fourth-order valence-corrected chi connectivity index (χ4v) is 3.16. The van der Waals surface area contributed by atoms with E-state index < -0.39 is 0 Å². The summed E-state index contributed by atoms with van der Waals surface area (Å²) in [6.07, 6.45) is 6.76. The molecular weight excluding hydrogens is 382 g/mol. The number of nitrogens with one attached hydrogen (secondary N) is 2. The Morgan fingerprint density at radius 3 is 2.26 bits per heavy atom. The summed E-state index contributed by atoms with van der Waals surface area (Å²) >= 11 is 0. The molecule has 168 valence electrons. The highest BCUT2D eigenvalue weighted by Crippen LogP contribution is 2.22. The number of benzene rings is 2. The number of carbonyl (C=O) groups excluding carboxylic acids is 1. The number of nitrogens with zero attached hydrogens (tertiary/aromatic N) is 1. The van der Waals surface area contributed by atoms with Crippen LogP contribution in [0.5, 0.6) is 0 Å². The van der Waals surface area contributed by atoms with Gasteiger partial charge in [-0.15, -0.1) is 0 Å². The molecule has 2 aromatic carbocycles. The van der Waals surface area contributed by atoms with Crippen LogP contribution >= 0.6 is 0 Å². The van der Waals surface area contributed by atoms with Crippen LogP contribution in [-0.2, 0) is 11.3 Å². The van der Waals surface area contributed by atoms with E-state index in [2.05, 4.69) is 84.9 Å². The molecule has 0 heterocycles. The van der Waals surface area contributed by atoms with Gasteiger partial charge in [-0.1, -0.05) is 58.0 Å². The van der Waals surface area contributed by atoms with Crippen LogP contribution in [0.15, 0.2) is 42.5 Å². The Kier molecular flexibility index (Phi) is 9.32. The van der Waals surface area contributed by atoms with E-state index in [9.17, 15) is 4.79 Å². The molecule has 2 rings (SSSR count). The topological polar surface area (TPSA) is 44.4 Å². The van der Waals surface area contributed by atoms with E-state index in [4.69, 9.17) is 0 Å². The standard InChI is InChI=1S/C27H39N3O/c1-7-9-26(31)29-25-17-14-22(18-23(25)19-28-20-27(3,4)8-2)11-10-21-12-15-24(16-13-21)30(5)6/h10-18,28H,7-9,19-20H2,1-6H3,(H,29,31)/b11-10+. The molecule has 2 N–H and O–H groups in total. The van der Waals surface area contributed by atoms with Crippen LogP contribution in [-0.4, -0.2) is 26.5 Å². The van der Waals surface area contributed by atoms with Crippen LogP contribution in [0, 0.1) is 5.41 Å². The number of anilines is 2. The van der Waals surface area contributed by atoms with Crippen LogP contribution < -0.4 is 15.5 Å². The predicted octanol–water partition coefficient (Wildman–Crippen LogP) is 6.19. The molecule has 0 fully saturated rings. The van der Waals surface area contributed by atoms with Crippen LogP contribution in [0.25, 0.3) is 12.2 Å². The molecule has 0 atom stereocenters. The van der Waals surface area contributed by atoms with Gasteiger partial charge in [0.15, 0.2) is 0 Å². The zero-order valence-electron chi connectivity index (χ0n) is 20.1. The lowest BCUT2D eigenvalue weighted by atomic mass is 9.90. The Hall–Kier alpha value is -2.59. The number of rotatable bonds is 11. The van der Waals surface area contributed by atoms with Crippen molar-refractivity contribution in [3.05, 3.63) is 59.2 Å². The van der Waals surface area contributed by atoms with Crippen molar-refractivity contribution < 1.29 is 4.79 Å². The van der Waals surface area contributed by atoms with E-state index in [1.54, 1.807) is 0 Å². The van der Waals surface area contributed by atoms with E-state index in [0.29, 0.717) is 6.42 Å². The molecule has 0 bridgehead atoms. The first-order chi connectivity index (χ1) is 14.7. The minimum atomic E-state index is 0.0712. The molecule has 0 aliphatic heterocycles. The Bertz CT molecular complexity index is 867. The predicted molar refractivity (Wildman–Crippen MR) is 135 cm³/mol. The summed E-state index contributed by atoms with van der Waals surface area (Å²) in [5.41, 5.74) is 5.73. The first kappa shape index (κ1) is 24.7. The van der Waals surface area contributed by atoms with E-state index in [1.165, 1.54) is 5.69 Å². The van der Waals surface area contributed by atoms with E-state index in [1.807, 2.05) is 27.1 Å². The summed E-state index contributed by atoms with van der Waals surface area (Å²) in [5.74, 6) is 0.0712. The van der Waals surface area contributed by atoms with Gasteiger partial charge in [-0.2, -0.15) is 0 Å². The van der Waals surface area contributed by atoms with E-state index >= 15 is 0 Å². The molecule has 2 aromatic rings. The highest BCUT2D eigenvalue weighted by atomic mass is 16.1. The Labute approximate surface area is 188 Å². The molecule has 0 saturated carbocycles. The second kappa shape index (κ2) is 11.7. The number of amides is 1. The monoisotopic (exact) mass is 421 g/mol. The molecule has 0 radical (unpaired) electrons. The molecule has 0 spiro atoms. The lowest BCUT2D eigenvalue weighted by molar-refractivity contribution is -0.116. The minimum Gasteiger partial charge on any atom is -0.378 e. The van der Waals surface area contributed by atoms with Crippen LogP contribution in [0.1, 0.15) is 63.6 Å². The molecule has 0 aliphatic carbocycles. The van der Waals surface area contributed by atoms with Gasteiger partial charge in [-0.05, 0) is 59.2 Å². The summed E-state index contributed by atoms with van der Waals surface area (Å²) in [6.45, 7) is 10.4. The van der Waals surface area contributed by atoms with Crippen molar-refractivity contribution in [2.45, 2.75) is 53.5 Å². The van der Waals surface area contributed by atoms with Crippen molar-refractivity contribution in [2.75, 3.05) is 30.9 Å². The molecular formula is C27H39N3O. The molecule has 0 aliphatic rings. The fourth-order valence-electron chi connectivity index (χ4n) is 3.16. The molecule has 1 amide bonds. The van der Waals surface area contributed by atoms with Gasteiger partial charge < -0.3 is 15.5 Å². The number of hydrogen-bond donors (Lipinski definition) is 2. The maximum Gasteiger partial charge on any atom is 0.224 e. The zero-order chi connectivity index (χ0) is 22.9. The SMILES string of the molecule is CCCC(=O)Nc1ccc(/C=C/c2ccc(N(C)C)cc2)cc1CNCC(C)(C)CC. The largest absolute Gasteiger partial charge is 0.378 e. The maximum atomic E-state index is 12.2. The minimum absolute atomic E-state index is 0.0712. The summed E-state index contributed by atoms with van der Waals surface area (Å²) in [6, 6.07) is 14.7. The maximum absolute atomic E-state index is 12.2. The highest BCUT2D eigenvalue weighted by Gasteiger charge is 2.15. The van der Waals surface area contributed by atoms with Crippen LogP contribution in [0.4, 0.5) is 11.4 Å². The summed E-state index contributed by atoms with van der Waals surface area (Å²) in [4.78, 5) is 14.3. The highest BCUT2D eigenvalue weighted by molar-refractivity contribution is 5.91. The van der Waals surface area contributed by atoms with Gasteiger partial charge in [0.1, 0.15) is 0 Å². The molecule has 0 saturated heterocycles. The third kappa shape index (κ3) is 8.22. The first-order valence-corrected chi connectivity index (χ1v) is 11.3. The van der Waals surface area contributed by atoms with Gasteiger partial charge in [-0.25, -0.2) is 0 Å². The molecule has 31 heavy (non-hydrogen) atoms. The molecule has 4 heteroatoms. The van der Waals surface area contributed by atoms with Gasteiger partial charge in [-0.3, -0.25) is 4.79 Å². The van der Waals surface area contributed by atoms with Gasteiger partial charge >= 0.3 is 0 Å². The first-order valence-electron chi connectivity index (χ1n) is 11.3. The van der Waals surface area contributed by atoms with Crippen molar-refractivity contribution in [3.8, 4) is 0 Å².